The summed E-state index contributed by atoms with van der Waals surface area (Å²) in [5.74, 6) is -2.64. The standard InChI is InChI=1S/C23H30N2O4.C2H2O4/c1-16(18-7-5-4-6-8-18)24-23(27)19-9-11-25(12-10-19)15-17-13-20(28-2)22(26)21(14-17)29-3;3-1(4)2(5)6/h4-8,13-14,16,19,26H,9-12,15H2,1-3H3,(H,24,27);(H,3,4)(H,5,6). The van der Waals surface area contributed by atoms with E-state index in [9.17, 15) is 9.90 Å². The van der Waals surface area contributed by atoms with Crippen LogP contribution in [0.5, 0.6) is 17.2 Å². The highest BCUT2D eigenvalue weighted by Gasteiger charge is 2.26. The molecule has 1 heterocycles. The first kappa shape index (κ1) is 27.5. The van der Waals surface area contributed by atoms with E-state index in [4.69, 9.17) is 29.3 Å². The Labute approximate surface area is 204 Å². The Kier molecular flexibility index (Phi) is 10.3. The van der Waals surface area contributed by atoms with Crippen molar-refractivity contribution in [1.29, 1.82) is 0 Å². The van der Waals surface area contributed by atoms with Crippen molar-refractivity contribution in [3.8, 4) is 17.2 Å². The van der Waals surface area contributed by atoms with Crippen molar-refractivity contribution in [2.45, 2.75) is 32.4 Å². The minimum absolute atomic E-state index is 0.0126. The molecular formula is C25H32N2O8. The smallest absolute Gasteiger partial charge is 0.414 e. The SMILES string of the molecule is COc1cc(CN2CCC(C(=O)NC(C)c3ccccc3)CC2)cc(OC)c1O.O=C(O)C(=O)O. The monoisotopic (exact) mass is 488 g/mol. The maximum absolute atomic E-state index is 12.7. The number of nitrogens with one attached hydrogen (secondary N) is 1. The fourth-order valence-corrected chi connectivity index (χ4v) is 3.81. The van der Waals surface area contributed by atoms with Crippen molar-refractivity contribution >= 4 is 17.8 Å². The van der Waals surface area contributed by atoms with Crippen LogP contribution in [0, 0.1) is 5.92 Å². The van der Waals surface area contributed by atoms with Gasteiger partial charge in [0.25, 0.3) is 0 Å². The number of phenolic OH excluding ortho intramolecular Hbond substituents is 1. The summed E-state index contributed by atoms with van der Waals surface area (Å²) < 4.78 is 10.5. The Morgan fingerprint density at radius 1 is 1.00 bits per heavy atom. The summed E-state index contributed by atoms with van der Waals surface area (Å²) in [4.78, 5) is 33.2. The van der Waals surface area contributed by atoms with Gasteiger partial charge in [0.05, 0.1) is 20.3 Å². The summed E-state index contributed by atoms with van der Waals surface area (Å²) in [6, 6.07) is 13.7. The fourth-order valence-electron chi connectivity index (χ4n) is 3.81. The van der Waals surface area contributed by atoms with Gasteiger partial charge in [-0.15, -0.1) is 0 Å². The average molecular weight is 489 g/mol. The van der Waals surface area contributed by atoms with Crippen molar-refractivity contribution < 1.29 is 39.2 Å². The van der Waals surface area contributed by atoms with Crippen molar-refractivity contribution in [3.05, 3.63) is 53.6 Å². The molecule has 10 heteroatoms. The Morgan fingerprint density at radius 3 is 1.97 bits per heavy atom. The van der Waals surface area contributed by atoms with Crippen molar-refractivity contribution in [3.63, 3.8) is 0 Å². The zero-order chi connectivity index (χ0) is 26.0. The number of nitrogens with zero attached hydrogens (tertiary/aromatic N) is 1. The summed E-state index contributed by atoms with van der Waals surface area (Å²) in [5, 5.41) is 28.0. The summed E-state index contributed by atoms with van der Waals surface area (Å²) in [6.45, 7) is 4.45. The van der Waals surface area contributed by atoms with Crippen LogP contribution >= 0.6 is 0 Å². The van der Waals surface area contributed by atoms with Gasteiger partial charge in [0.15, 0.2) is 11.5 Å². The van der Waals surface area contributed by atoms with E-state index in [2.05, 4.69) is 10.2 Å². The topological polar surface area (TPSA) is 146 Å². The molecule has 1 aliphatic heterocycles. The molecule has 35 heavy (non-hydrogen) atoms. The number of rotatable bonds is 7. The molecule has 0 radical (unpaired) electrons. The molecule has 4 N–H and O–H groups in total. The van der Waals surface area contributed by atoms with Gasteiger partial charge >= 0.3 is 11.9 Å². The van der Waals surface area contributed by atoms with E-state index in [1.54, 1.807) is 0 Å². The molecule has 1 aliphatic rings. The molecule has 1 atom stereocenters. The molecular weight excluding hydrogens is 456 g/mol. The number of benzene rings is 2. The number of methoxy groups -OCH3 is 2. The van der Waals surface area contributed by atoms with Crippen LogP contribution in [-0.2, 0) is 20.9 Å². The minimum atomic E-state index is -1.82. The predicted octanol–water partition coefficient (Wildman–Crippen LogP) is 2.65. The lowest BCUT2D eigenvalue weighted by molar-refractivity contribution is -0.159. The third-order valence-electron chi connectivity index (χ3n) is 5.75. The predicted molar refractivity (Wildman–Crippen MR) is 127 cm³/mol. The van der Waals surface area contributed by atoms with Crippen LogP contribution in [0.15, 0.2) is 42.5 Å². The van der Waals surface area contributed by atoms with Crippen LogP contribution in [0.3, 0.4) is 0 Å². The highest BCUT2D eigenvalue weighted by Crippen LogP contribution is 2.37. The van der Waals surface area contributed by atoms with Gasteiger partial charge in [0, 0.05) is 12.5 Å². The lowest BCUT2D eigenvalue weighted by Gasteiger charge is -2.32. The zero-order valence-electron chi connectivity index (χ0n) is 20.1. The number of aliphatic carboxylic acids is 2. The van der Waals surface area contributed by atoms with E-state index in [0.717, 1.165) is 43.6 Å². The molecule has 190 valence electrons. The maximum Gasteiger partial charge on any atom is 0.414 e. The Hall–Kier alpha value is -3.79. The first-order valence-corrected chi connectivity index (χ1v) is 11.1. The van der Waals surface area contributed by atoms with Crippen LogP contribution in [0.4, 0.5) is 0 Å². The van der Waals surface area contributed by atoms with E-state index in [1.807, 2.05) is 49.4 Å². The van der Waals surface area contributed by atoms with Crippen molar-refractivity contribution in [1.82, 2.24) is 10.2 Å². The average Bonchev–Trinajstić information content (AvgIpc) is 2.86. The Bertz CT molecular complexity index is 967. The van der Waals surface area contributed by atoms with Crippen molar-refractivity contribution in [2.24, 2.45) is 5.92 Å². The number of carbonyl (C=O) groups is 3. The summed E-state index contributed by atoms with van der Waals surface area (Å²) >= 11 is 0. The summed E-state index contributed by atoms with van der Waals surface area (Å²) in [5.41, 5.74) is 2.13. The molecule has 0 aliphatic carbocycles. The van der Waals surface area contributed by atoms with E-state index in [0.29, 0.717) is 11.5 Å². The van der Waals surface area contributed by atoms with Gasteiger partial charge in [-0.25, -0.2) is 9.59 Å². The largest absolute Gasteiger partial charge is 0.502 e. The number of carboxylic acids is 2. The molecule has 0 spiro atoms. The molecule has 0 aromatic heterocycles. The molecule has 0 bridgehead atoms. The van der Waals surface area contributed by atoms with E-state index in [1.165, 1.54) is 14.2 Å². The highest BCUT2D eigenvalue weighted by atomic mass is 16.5. The summed E-state index contributed by atoms with van der Waals surface area (Å²) in [7, 11) is 3.05. The molecule has 1 fully saturated rings. The van der Waals surface area contributed by atoms with Gasteiger partial charge in [-0.3, -0.25) is 9.69 Å². The van der Waals surface area contributed by atoms with Gasteiger partial charge in [-0.2, -0.15) is 0 Å². The molecule has 2 aromatic rings. The van der Waals surface area contributed by atoms with E-state index >= 15 is 0 Å². The molecule has 10 nitrogen and oxygen atoms in total. The number of ether oxygens (including phenoxy) is 2. The quantitative estimate of drug-likeness (QED) is 0.432. The maximum atomic E-state index is 12.7. The fraction of sp³-hybridized carbons (Fsp3) is 0.400. The third kappa shape index (κ3) is 8.18. The first-order chi connectivity index (χ1) is 16.7. The number of hydrogen-bond acceptors (Lipinski definition) is 7. The van der Waals surface area contributed by atoms with Gasteiger partial charge in [0.2, 0.25) is 11.7 Å². The number of carboxylic acid groups (broad SMARTS) is 2. The zero-order valence-corrected chi connectivity index (χ0v) is 20.1. The van der Waals surface area contributed by atoms with Crippen LogP contribution < -0.4 is 14.8 Å². The van der Waals surface area contributed by atoms with Gasteiger partial charge in [-0.1, -0.05) is 30.3 Å². The second-order valence-corrected chi connectivity index (χ2v) is 8.15. The van der Waals surface area contributed by atoms with E-state index in [-0.39, 0.29) is 23.6 Å². The minimum Gasteiger partial charge on any atom is -0.502 e. The van der Waals surface area contributed by atoms with E-state index < -0.39 is 11.9 Å². The lowest BCUT2D eigenvalue weighted by atomic mass is 9.94. The number of amides is 1. The number of piperidine rings is 1. The second kappa shape index (κ2) is 13.2. The van der Waals surface area contributed by atoms with Crippen LogP contribution in [0.2, 0.25) is 0 Å². The molecule has 3 rings (SSSR count). The number of carbonyl (C=O) groups excluding carboxylic acids is 1. The lowest BCUT2D eigenvalue weighted by Crippen LogP contribution is -2.40. The number of likely N-dealkylation sites (tertiary alicyclic amines) is 1. The second-order valence-electron chi connectivity index (χ2n) is 8.15. The number of aromatic hydroxyl groups is 1. The molecule has 1 amide bonds. The molecule has 2 aromatic carbocycles. The summed E-state index contributed by atoms with van der Waals surface area (Å²) in [6.07, 6.45) is 1.67. The van der Waals surface area contributed by atoms with Gasteiger partial charge in [-0.05, 0) is 56.1 Å². The Morgan fingerprint density at radius 2 is 1.51 bits per heavy atom. The normalized spacial score (nSPS) is 14.7. The number of hydrogen-bond donors (Lipinski definition) is 4. The highest BCUT2D eigenvalue weighted by molar-refractivity contribution is 6.27. The Balaban J connectivity index is 0.000000641. The van der Waals surface area contributed by atoms with Crippen LogP contribution in [-0.4, -0.2) is 65.4 Å². The van der Waals surface area contributed by atoms with Crippen LogP contribution in [0.1, 0.15) is 36.9 Å². The molecule has 1 saturated heterocycles. The van der Waals surface area contributed by atoms with Gasteiger partial charge < -0.3 is 30.1 Å². The van der Waals surface area contributed by atoms with Gasteiger partial charge in [0.1, 0.15) is 0 Å². The number of phenols is 1. The van der Waals surface area contributed by atoms with Crippen LogP contribution in [0.25, 0.3) is 0 Å². The third-order valence-corrected chi connectivity index (χ3v) is 5.75. The van der Waals surface area contributed by atoms with Crippen molar-refractivity contribution in [2.75, 3.05) is 27.3 Å². The molecule has 1 unspecified atom stereocenters. The molecule has 0 saturated carbocycles. The first-order valence-electron chi connectivity index (χ1n) is 11.1.